The van der Waals surface area contributed by atoms with Crippen molar-refractivity contribution in [2.45, 2.75) is 38.6 Å². The molecule has 0 aromatic carbocycles. The van der Waals surface area contributed by atoms with Crippen LogP contribution in [-0.4, -0.2) is 43.3 Å². The number of esters is 1. The lowest BCUT2D eigenvalue weighted by Gasteiger charge is -2.21. The van der Waals surface area contributed by atoms with Gasteiger partial charge in [-0.25, -0.2) is 0 Å². The van der Waals surface area contributed by atoms with Crippen molar-refractivity contribution in [3.8, 4) is 0 Å². The minimum Gasteiger partial charge on any atom is -0.465 e. The first-order valence-electron chi connectivity index (χ1n) is 6.07. The van der Waals surface area contributed by atoms with Crippen LogP contribution in [0.4, 0.5) is 0 Å². The van der Waals surface area contributed by atoms with Crippen LogP contribution in [0.25, 0.3) is 0 Å². The van der Waals surface area contributed by atoms with Gasteiger partial charge in [-0.1, -0.05) is 0 Å². The van der Waals surface area contributed by atoms with Crippen LogP contribution in [0.1, 0.15) is 33.1 Å². The monoisotopic (exact) mass is 263 g/mol. The van der Waals surface area contributed by atoms with Gasteiger partial charge in [0.05, 0.1) is 6.61 Å². The Morgan fingerprint density at radius 2 is 2.00 bits per heavy atom. The molecule has 5 heteroatoms. The molecule has 0 aromatic rings. The van der Waals surface area contributed by atoms with Crippen molar-refractivity contribution in [2.24, 2.45) is 5.73 Å². The topological polar surface area (TPSA) is 61.5 Å². The Hall–Kier alpha value is -0.260. The number of nitrogens with two attached hydrogens (primary N) is 1. The summed E-state index contributed by atoms with van der Waals surface area (Å²) in [5.41, 5.74) is 5.06. The molecule has 0 spiro atoms. The molecule has 0 aliphatic heterocycles. The summed E-state index contributed by atoms with van der Waals surface area (Å²) < 4.78 is 9.90. The molecule has 1 unspecified atom stereocenters. The standard InChI is InChI=1S/C12H25NO3S/c1-4-16-11(14)12(2,13)7-5-9-17-10-6-8-15-3/h4-10,13H2,1-3H3. The van der Waals surface area contributed by atoms with Crippen LogP contribution in [0.3, 0.4) is 0 Å². The first-order chi connectivity index (χ1) is 8.04. The Bertz CT molecular complexity index is 210. The van der Waals surface area contributed by atoms with Gasteiger partial charge in [0.1, 0.15) is 5.54 Å². The maximum atomic E-state index is 11.5. The quantitative estimate of drug-likeness (QED) is 0.481. The van der Waals surface area contributed by atoms with E-state index in [0.717, 1.165) is 31.0 Å². The summed E-state index contributed by atoms with van der Waals surface area (Å²) in [5.74, 6) is 1.81. The SMILES string of the molecule is CCOC(=O)C(C)(N)CCCSCCCOC. The molecule has 0 heterocycles. The normalized spacial score (nSPS) is 14.4. The van der Waals surface area contributed by atoms with Crippen molar-refractivity contribution >= 4 is 17.7 Å². The highest BCUT2D eigenvalue weighted by molar-refractivity contribution is 7.99. The summed E-state index contributed by atoms with van der Waals surface area (Å²) in [4.78, 5) is 11.5. The number of carbonyl (C=O) groups is 1. The fourth-order valence-electron chi connectivity index (χ4n) is 1.35. The predicted octanol–water partition coefficient (Wildman–Crippen LogP) is 1.82. The van der Waals surface area contributed by atoms with Crippen molar-refractivity contribution in [1.82, 2.24) is 0 Å². The molecule has 4 nitrogen and oxygen atoms in total. The van der Waals surface area contributed by atoms with E-state index in [9.17, 15) is 4.79 Å². The number of methoxy groups -OCH3 is 1. The minimum atomic E-state index is -0.844. The van der Waals surface area contributed by atoms with Gasteiger partial charge in [0.25, 0.3) is 0 Å². The number of thioether (sulfide) groups is 1. The maximum Gasteiger partial charge on any atom is 0.325 e. The highest BCUT2D eigenvalue weighted by atomic mass is 32.2. The summed E-state index contributed by atoms with van der Waals surface area (Å²) in [6, 6.07) is 0. The smallest absolute Gasteiger partial charge is 0.325 e. The van der Waals surface area contributed by atoms with Crippen LogP contribution >= 0.6 is 11.8 Å². The lowest BCUT2D eigenvalue weighted by Crippen LogP contribution is -2.46. The van der Waals surface area contributed by atoms with Crippen molar-refractivity contribution in [3.63, 3.8) is 0 Å². The Kier molecular flexibility index (Phi) is 9.59. The second-order valence-corrected chi connectivity index (χ2v) is 5.42. The van der Waals surface area contributed by atoms with Gasteiger partial charge in [-0.05, 0) is 44.6 Å². The summed E-state index contributed by atoms with van der Waals surface area (Å²) in [7, 11) is 1.71. The largest absolute Gasteiger partial charge is 0.465 e. The van der Waals surface area contributed by atoms with Crippen LogP contribution in [-0.2, 0) is 14.3 Å². The lowest BCUT2D eigenvalue weighted by atomic mass is 9.98. The van der Waals surface area contributed by atoms with Crippen LogP contribution in [0, 0.1) is 0 Å². The second-order valence-electron chi connectivity index (χ2n) is 4.20. The number of rotatable bonds is 10. The molecule has 0 radical (unpaired) electrons. The molecule has 0 fully saturated rings. The van der Waals surface area contributed by atoms with E-state index >= 15 is 0 Å². The highest BCUT2D eigenvalue weighted by Crippen LogP contribution is 2.14. The van der Waals surface area contributed by atoms with E-state index in [1.165, 1.54) is 0 Å². The van der Waals surface area contributed by atoms with Gasteiger partial charge in [0.2, 0.25) is 0 Å². The molecule has 0 amide bonds. The molecule has 0 aromatic heterocycles. The Labute approximate surface area is 109 Å². The summed E-state index contributed by atoms with van der Waals surface area (Å²) in [6.45, 7) is 4.72. The van der Waals surface area contributed by atoms with E-state index in [1.807, 2.05) is 11.8 Å². The van der Waals surface area contributed by atoms with Crippen molar-refractivity contribution < 1.29 is 14.3 Å². The molecule has 0 saturated heterocycles. The van der Waals surface area contributed by atoms with Gasteiger partial charge in [0, 0.05) is 13.7 Å². The first kappa shape index (κ1) is 16.7. The zero-order valence-electron chi connectivity index (χ0n) is 11.2. The van der Waals surface area contributed by atoms with E-state index in [0.29, 0.717) is 13.0 Å². The molecule has 17 heavy (non-hydrogen) atoms. The van der Waals surface area contributed by atoms with E-state index in [2.05, 4.69) is 0 Å². The van der Waals surface area contributed by atoms with Gasteiger partial charge >= 0.3 is 5.97 Å². The van der Waals surface area contributed by atoms with E-state index in [4.69, 9.17) is 15.2 Å². The summed E-state index contributed by atoms with van der Waals surface area (Å²) in [5, 5.41) is 0. The Morgan fingerprint density at radius 1 is 1.35 bits per heavy atom. The molecule has 0 bridgehead atoms. The van der Waals surface area contributed by atoms with Gasteiger partial charge in [-0.3, -0.25) is 4.79 Å². The average Bonchev–Trinajstić information content (AvgIpc) is 2.28. The number of hydrogen-bond acceptors (Lipinski definition) is 5. The fraction of sp³-hybridized carbons (Fsp3) is 0.917. The van der Waals surface area contributed by atoms with Gasteiger partial charge in [0.15, 0.2) is 0 Å². The highest BCUT2D eigenvalue weighted by Gasteiger charge is 2.28. The second kappa shape index (κ2) is 9.74. The molecule has 0 saturated carbocycles. The molecule has 0 rings (SSSR count). The lowest BCUT2D eigenvalue weighted by molar-refractivity contribution is -0.149. The molecular weight excluding hydrogens is 238 g/mol. The third-order valence-corrected chi connectivity index (χ3v) is 3.52. The van der Waals surface area contributed by atoms with E-state index in [-0.39, 0.29) is 5.97 Å². The third kappa shape index (κ3) is 8.46. The fourth-order valence-corrected chi connectivity index (χ4v) is 2.22. The molecule has 1 atom stereocenters. The van der Waals surface area contributed by atoms with Crippen LogP contribution in [0.2, 0.25) is 0 Å². The minimum absolute atomic E-state index is 0.301. The van der Waals surface area contributed by atoms with Crippen LogP contribution in [0.5, 0.6) is 0 Å². The van der Waals surface area contributed by atoms with Crippen molar-refractivity contribution in [3.05, 3.63) is 0 Å². The van der Waals surface area contributed by atoms with Gasteiger partial charge in [-0.2, -0.15) is 11.8 Å². The number of hydrogen-bond donors (Lipinski definition) is 1. The molecular formula is C12H25NO3S. The molecule has 102 valence electrons. The number of carbonyl (C=O) groups excluding carboxylic acids is 1. The number of ether oxygens (including phenoxy) is 2. The molecule has 0 aliphatic carbocycles. The Morgan fingerprint density at radius 3 is 2.59 bits per heavy atom. The Balaban J connectivity index is 3.55. The van der Waals surface area contributed by atoms with E-state index < -0.39 is 5.54 Å². The van der Waals surface area contributed by atoms with E-state index in [1.54, 1.807) is 21.0 Å². The van der Waals surface area contributed by atoms with Crippen molar-refractivity contribution in [2.75, 3.05) is 31.8 Å². The molecule has 2 N–H and O–H groups in total. The van der Waals surface area contributed by atoms with Crippen molar-refractivity contribution in [1.29, 1.82) is 0 Å². The zero-order valence-corrected chi connectivity index (χ0v) is 12.0. The third-order valence-electron chi connectivity index (χ3n) is 2.36. The average molecular weight is 263 g/mol. The summed E-state index contributed by atoms with van der Waals surface area (Å²) in [6.07, 6.45) is 2.67. The van der Waals surface area contributed by atoms with Crippen LogP contribution < -0.4 is 5.73 Å². The maximum absolute atomic E-state index is 11.5. The van der Waals surface area contributed by atoms with Gasteiger partial charge in [-0.15, -0.1) is 0 Å². The zero-order chi connectivity index (χ0) is 13.1. The van der Waals surface area contributed by atoms with Crippen LogP contribution in [0.15, 0.2) is 0 Å². The van der Waals surface area contributed by atoms with Gasteiger partial charge < -0.3 is 15.2 Å². The summed E-state index contributed by atoms with van der Waals surface area (Å²) >= 11 is 1.87. The first-order valence-corrected chi connectivity index (χ1v) is 7.23. The molecule has 0 aliphatic rings. The predicted molar refractivity (Wildman–Crippen MR) is 72.3 cm³/mol.